The third-order valence-electron chi connectivity index (χ3n) is 1.31. The summed E-state index contributed by atoms with van der Waals surface area (Å²) in [5.41, 5.74) is 0. The van der Waals surface area contributed by atoms with Crippen molar-refractivity contribution in [3.63, 3.8) is 0 Å². The molecule has 0 aliphatic carbocycles. The summed E-state index contributed by atoms with van der Waals surface area (Å²) in [6, 6.07) is 0.796. The Labute approximate surface area is 63.0 Å². The van der Waals surface area contributed by atoms with Crippen molar-refractivity contribution in [2.24, 2.45) is 0 Å². The topological polar surface area (TPSA) is 12.0 Å². The van der Waals surface area contributed by atoms with E-state index in [9.17, 15) is 0 Å². The molecule has 1 atom stereocenters. The van der Waals surface area contributed by atoms with E-state index in [1.165, 1.54) is 19.4 Å². The van der Waals surface area contributed by atoms with E-state index in [-0.39, 0.29) is 24.8 Å². The van der Waals surface area contributed by atoms with E-state index < -0.39 is 0 Å². The monoisotopic (exact) mass is 157 g/mol. The van der Waals surface area contributed by atoms with Crippen LogP contribution in [0.1, 0.15) is 19.8 Å². The Kier molecular flexibility index (Phi) is 8.05. The Morgan fingerprint density at radius 3 is 2.12 bits per heavy atom. The molecule has 1 saturated heterocycles. The van der Waals surface area contributed by atoms with Gasteiger partial charge >= 0.3 is 0 Å². The molecule has 1 heterocycles. The molecular weight excluding hydrogens is 145 g/mol. The van der Waals surface area contributed by atoms with Gasteiger partial charge in [0.15, 0.2) is 0 Å². The number of nitrogens with one attached hydrogen (secondary N) is 1. The summed E-state index contributed by atoms with van der Waals surface area (Å²) in [4.78, 5) is 0. The van der Waals surface area contributed by atoms with Gasteiger partial charge in [-0.1, -0.05) is 0 Å². The summed E-state index contributed by atoms with van der Waals surface area (Å²) in [7, 11) is 0. The molecule has 0 saturated carbocycles. The zero-order chi connectivity index (χ0) is 4.41. The molecule has 1 aliphatic rings. The second-order valence-corrected chi connectivity index (χ2v) is 2.00. The van der Waals surface area contributed by atoms with Crippen LogP contribution >= 0.6 is 24.8 Å². The molecule has 1 aliphatic heterocycles. The van der Waals surface area contributed by atoms with Crippen LogP contribution in [0.4, 0.5) is 0 Å². The number of halogens is 2. The van der Waals surface area contributed by atoms with E-state index >= 15 is 0 Å². The lowest BCUT2D eigenvalue weighted by molar-refractivity contribution is 0.664. The molecule has 3 heteroatoms. The van der Waals surface area contributed by atoms with Crippen LogP contribution in [0, 0.1) is 0 Å². The largest absolute Gasteiger partial charge is 0.314 e. The number of rotatable bonds is 0. The maximum absolute atomic E-state index is 3.32. The lowest BCUT2D eigenvalue weighted by atomic mass is 10.3. The van der Waals surface area contributed by atoms with Crippen LogP contribution in [0.3, 0.4) is 0 Å². The molecule has 1 N–H and O–H groups in total. The highest BCUT2D eigenvalue weighted by molar-refractivity contribution is 5.85. The highest BCUT2D eigenvalue weighted by atomic mass is 35.5. The van der Waals surface area contributed by atoms with Crippen molar-refractivity contribution in [2.45, 2.75) is 25.8 Å². The van der Waals surface area contributed by atoms with Gasteiger partial charge < -0.3 is 5.32 Å². The van der Waals surface area contributed by atoms with Crippen LogP contribution < -0.4 is 5.32 Å². The first-order valence-corrected chi connectivity index (χ1v) is 2.63. The van der Waals surface area contributed by atoms with E-state index in [1.54, 1.807) is 0 Å². The first kappa shape index (κ1) is 11.4. The van der Waals surface area contributed by atoms with Gasteiger partial charge in [-0.25, -0.2) is 0 Å². The number of hydrogen-bond donors (Lipinski definition) is 1. The Hall–Kier alpha value is 0.540. The highest BCUT2D eigenvalue weighted by Gasteiger charge is 2.05. The van der Waals surface area contributed by atoms with E-state index in [2.05, 4.69) is 12.2 Å². The molecule has 1 rings (SSSR count). The van der Waals surface area contributed by atoms with Gasteiger partial charge in [0.05, 0.1) is 0 Å². The average molecular weight is 158 g/mol. The smallest absolute Gasteiger partial charge is 0.00391 e. The molecule has 8 heavy (non-hydrogen) atoms. The fourth-order valence-electron chi connectivity index (χ4n) is 0.859. The van der Waals surface area contributed by atoms with Crippen LogP contribution in [-0.4, -0.2) is 12.6 Å². The van der Waals surface area contributed by atoms with Gasteiger partial charge in [0.1, 0.15) is 0 Å². The quantitative estimate of drug-likeness (QED) is 0.564. The van der Waals surface area contributed by atoms with Crippen molar-refractivity contribution < 1.29 is 0 Å². The molecule has 0 spiro atoms. The molecule has 0 aromatic rings. The second kappa shape index (κ2) is 5.67. The summed E-state index contributed by atoms with van der Waals surface area (Å²) in [5, 5.41) is 3.32. The summed E-state index contributed by atoms with van der Waals surface area (Å²) < 4.78 is 0. The van der Waals surface area contributed by atoms with Crippen molar-refractivity contribution in [3.05, 3.63) is 0 Å². The van der Waals surface area contributed by atoms with Gasteiger partial charge in [-0.15, -0.1) is 24.8 Å². The van der Waals surface area contributed by atoms with Gasteiger partial charge in [0.2, 0.25) is 0 Å². The van der Waals surface area contributed by atoms with Crippen LogP contribution in [0.2, 0.25) is 0 Å². The van der Waals surface area contributed by atoms with Crippen molar-refractivity contribution in [1.82, 2.24) is 5.32 Å². The van der Waals surface area contributed by atoms with Gasteiger partial charge in [0, 0.05) is 6.04 Å². The Morgan fingerprint density at radius 2 is 2.00 bits per heavy atom. The Bertz CT molecular complexity index is 43.7. The minimum atomic E-state index is 0. The second-order valence-electron chi connectivity index (χ2n) is 2.00. The zero-order valence-electron chi connectivity index (χ0n) is 5.02. The SMILES string of the molecule is CC1CCCN1.Cl.Cl. The van der Waals surface area contributed by atoms with E-state index in [0.29, 0.717) is 0 Å². The minimum Gasteiger partial charge on any atom is -0.314 e. The van der Waals surface area contributed by atoms with Gasteiger partial charge in [-0.2, -0.15) is 0 Å². The summed E-state index contributed by atoms with van der Waals surface area (Å²) in [6.45, 7) is 3.47. The fourth-order valence-corrected chi connectivity index (χ4v) is 0.859. The van der Waals surface area contributed by atoms with Crippen LogP contribution in [-0.2, 0) is 0 Å². The lowest BCUT2D eigenvalue weighted by Crippen LogP contribution is -2.16. The predicted octanol–water partition coefficient (Wildman–Crippen LogP) is 1.60. The molecule has 1 fully saturated rings. The van der Waals surface area contributed by atoms with Gasteiger partial charge in [-0.3, -0.25) is 0 Å². The third kappa shape index (κ3) is 3.53. The van der Waals surface area contributed by atoms with Gasteiger partial charge in [-0.05, 0) is 26.3 Å². The summed E-state index contributed by atoms with van der Waals surface area (Å²) in [5.74, 6) is 0. The molecular formula is C5H13Cl2N. The van der Waals surface area contributed by atoms with Crippen LogP contribution in [0.15, 0.2) is 0 Å². The van der Waals surface area contributed by atoms with E-state index in [0.717, 1.165) is 6.04 Å². The first-order chi connectivity index (χ1) is 2.89. The molecule has 0 amide bonds. The van der Waals surface area contributed by atoms with Gasteiger partial charge in [0.25, 0.3) is 0 Å². The van der Waals surface area contributed by atoms with Crippen molar-refractivity contribution in [1.29, 1.82) is 0 Å². The zero-order valence-corrected chi connectivity index (χ0v) is 6.65. The molecule has 1 unspecified atom stereocenters. The first-order valence-electron chi connectivity index (χ1n) is 2.63. The highest BCUT2D eigenvalue weighted by Crippen LogP contribution is 2.01. The maximum Gasteiger partial charge on any atom is 0.00391 e. The minimum absolute atomic E-state index is 0. The molecule has 0 aromatic carbocycles. The Morgan fingerprint density at radius 1 is 1.38 bits per heavy atom. The molecule has 52 valence electrons. The summed E-state index contributed by atoms with van der Waals surface area (Å²) >= 11 is 0. The normalized spacial score (nSPS) is 25.9. The molecule has 0 radical (unpaired) electrons. The third-order valence-corrected chi connectivity index (χ3v) is 1.31. The van der Waals surface area contributed by atoms with Crippen molar-refractivity contribution in [3.8, 4) is 0 Å². The van der Waals surface area contributed by atoms with E-state index in [1.807, 2.05) is 0 Å². The van der Waals surface area contributed by atoms with Crippen molar-refractivity contribution in [2.75, 3.05) is 6.54 Å². The van der Waals surface area contributed by atoms with Crippen LogP contribution in [0.25, 0.3) is 0 Å². The molecule has 0 aromatic heterocycles. The lowest BCUT2D eigenvalue weighted by Gasteiger charge is -1.95. The summed E-state index contributed by atoms with van der Waals surface area (Å²) in [6.07, 6.45) is 2.75. The standard InChI is InChI=1S/C5H11N.2ClH/c1-5-3-2-4-6-5;;/h5-6H,2-4H2,1H3;2*1H. The maximum atomic E-state index is 3.32. The van der Waals surface area contributed by atoms with E-state index in [4.69, 9.17) is 0 Å². The van der Waals surface area contributed by atoms with Crippen LogP contribution in [0.5, 0.6) is 0 Å². The molecule has 1 nitrogen and oxygen atoms in total. The Balaban J connectivity index is 0. The average Bonchev–Trinajstić information content (AvgIpc) is 1.86. The molecule has 0 bridgehead atoms. The number of hydrogen-bond acceptors (Lipinski definition) is 1. The predicted molar refractivity (Wildman–Crippen MR) is 41.2 cm³/mol. The fraction of sp³-hybridized carbons (Fsp3) is 1.00. The van der Waals surface area contributed by atoms with Crippen molar-refractivity contribution >= 4 is 24.8 Å².